The summed E-state index contributed by atoms with van der Waals surface area (Å²) in [6.45, 7) is 0. The number of benzene rings is 1. The molecule has 0 heterocycles. The van der Waals surface area contributed by atoms with Gasteiger partial charge in [0.05, 0.1) is 0 Å². The van der Waals surface area contributed by atoms with Gasteiger partial charge in [-0.15, -0.1) is 0 Å². The molecule has 0 amide bonds. The Morgan fingerprint density at radius 2 is 1.87 bits per heavy atom. The Labute approximate surface area is 91.0 Å². The van der Waals surface area contributed by atoms with Crippen molar-refractivity contribution < 1.29 is 13.6 Å². The molecule has 1 atom stereocenters. The van der Waals surface area contributed by atoms with Gasteiger partial charge in [-0.3, -0.25) is 4.79 Å². The molecular weight excluding hydrogens is 222 g/mol. The molecule has 15 heavy (non-hydrogen) atoms. The first-order chi connectivity index (χ1) is 7.01. The van der Waals surface area contributed by atoms with Crippen molar-refractivity contribution in [3.8, 4) is 0 Å². The molecule has 0 aromatic heterocycles. The van der Waals surface area contributed by atoms with E-state index in [1.165, 1.54) is 12.1 Å². The van der Waals surface area contributed by atoms with Crippen LogP contribution in [0.25, 0.3) is 0 Å². The Bertz CT molecular complexity index is 382. The lowest BCUT2D eigenvalue weighted by Gasteiger charge is -2.16. The summed E-state index contributed by atoms with van der Waals surface area (Å²) >= 11 is 5.56. The molecule has 1 nitrogen and oxygen atoms in total. The SMILES string of the molecule is O=C(C1CC1)C(F)(Cl)c1ccc(F)cc1. The van der Waals surface area contributed by atoms with E-state index in [1.54, 1.807) is 0 Å². The van der Waals surface area contributed by atoms with E-state index < -0.39 is 16.7 Å². The summed E-state index contributed by atoms with van der Waals surface area (Å²) < 4.78 is 26.5. The van der Waals surface area contributed by atoms with Gasteiger partial charge in [0.15, 0.2) is 5.78 Å². The van der Waals surface area contributed by atoms with Crippen LogP contribution in [0.15, 0.2) is 24.3 Å². The van der Waals surface area contributed by atoms with Crippen molar-refractivity contribution in [3.05, 3.63) is 35.6 Å². The molecule has 2 rings (SSSR count). The normalized spacial score (nSPS) is 19.7. The van der Waals surface area contributed by atoms with E-state index in [1.807, 2.05) is 0 Å². The number of rotatable bonds is 3. The first-order valence-electron chi connectivity index (χ1n) is 4.70. The molecule has 1 aliphatic carbocycles. The minimum absolute atomic E-state index is 0.00228. The van der Waals surface area contributed by atoms with Gasteiger partial charge in [0.1, 0.15) is 5.82 Å². The van der Waals surface area contributed by atoms with Gasteiger partial charge in [-0.25, -0.2) is 8.78 Å². The van der Waals surface area contributed by atoms with Gasteiger partial charge >= 0.3 is 0 Å². The lowest BCUT2D eigenvalue weighted by Crippen LogP contribution is -2.26. The maximum atomic E-state index is 13.9. The predicted molar refractivity (Wildman–Crippen MR) is 52.8 cm³/mol. The van der Waals surface area contributed by atoms with Gasteiger partial charge in [0.2, 0.25) is 0 Å². The smallest absolute Gasteiger partial charge is 0.266 e. The fourth-order valence-corrected chi connectivity index (χ4v) is 1.68. The third-order valence-electron chi connectivity index (χ3n) is 2.46. The van der Waals surface area contributed by atoms with E-state index in [4.69, 9.17) is 11.6 Å². The van der Waals surface area contributed by atoms with Crippen LogP contribution in [0, 0.1) is 11.7 Å². The number of carbonyl (C=O) groups is 1. The molecule has 80 valence electrons. The Kier molecular flexibility index (Phi) is 2.51. The minimum Gasteiger partial charge on any atom is -0.294 e. The third kappa shape index (κ3) is 2.02. The first-order valence-corrected chi connectivity index (χ1v) is 5.08. The number of hydrogen-bond donors (Lipinski definition) is 0. The Balaban J connectivity index is 2.27. The molecule has 4 heteroatoms. The van der Waals surface area contributed by atoms with Crippen LogP contribution in [0.4, 0.5) is 8.78 Å². The molecule has 0 saturated heterocycles. The zero-order chi connectivity index (χ0) is 11.1. The predicted octanol–water partition coefficient (Wildman–Crippen LogP) is 3.17. The van der Waals surface area contributed by atoms with Gasteiger partial charge in [0.25, 0.3) is 5.13 Å². The summed E-state index contributed by atoms with van der Waals surface area (Å²) in [4.78, 5) is 11.5. The molecule has 1 aromatic carbocycles. The van der Waals surface area contributed by atoms with E-state index in [-0.39, 0.29) is 11.5 Å². The second kappa shape index (κ2) is 3.56. The molecule has 0 radical (unpaired) electrons. The fourth-order valence-electron chi connectivity index (χ4n) is 1.40. The van der Waals surface area contributed by atoms with Crippen molar-refractivity contribution in [2.75, 3.05) is 0 Å². The molecule has 0 aliphatic heterocycles. The van der Waals surface area contributed by atoms with Crippen molar-refractivity contribution in [1.29, 1.82) is 0 Å². The van der Waals surface area contributed by atoms with E-state index in [0.717, 1.165) is 12.1 Å². The molecule has 1 saturated carbocycles. The van der Waals surface area contributed by atoms with Crippen molar-refractivity contribution in [1.82, 2.24) is 0 Å². The van der Waals surface area contributed by atoms with Gasteiger partial charge < -0.3 is 0 Å². The summed E-state index contributed by atoms with van der Waals surface area (Å²) in [5.74, 6) is -1.36. The lowest BCUT2D eigenvalue weighted by molar-refractivity contribution is -0.127. The van der Waals surface area contributed by atoms with Crippen molar-refractivity contribution in [2.45, 2.75) is 18.0 Å². The second-order valence-electron chi connectivity index (χ2n) is 3.72. The van der Waals surface area contributed by atoms with Gasteiger partial charge in [0, 0.05) is 11.5 Å². The highest BCUT2D eigenvalue weighted by Crippen LogP contribution is 2.42. The number of Topliss-reactive ketones (excluding diaryl/α,β-unsaturated/α-hetero) is 1. The Morgan fingerprint density at radius 1 is 1.33 bits per heavy atom. The Morgan fingerprint density at radius 3 is 2.33 bits per heavy atom. The van der Waals surface area contributed by atoms with Crippen LogP contribution < -0.4 is 0 Å². The highest BCUT2D eigenvalue weighted by Gasteiger charge is 2.46. The Hall–Kier alpha value is -0.960. The minimum atomic E-state index is -2.51. The van der Waals surface area contributed by atoms with Crippen molar-refractivity contribution in [2.24, 2.45) is 5.92 Å². The summed E-state index contributed by atoms with van der Waals surface area (Å²) in [6, 6.07) is 4.57. The average molecular weight is 231 g/mol. The molecule has 0 N–H and O–H groups in total. The van der Waals surface area contributed by atoms with Crippen LogP contribution in [0.2, 0.25) is 0 Å². The van der Waals surface area contributed by atoms with Crippen LogP contribution in [-0.4, -0.2) is 5.78 Å². The monoisotopic (exact) mass is 230 g/mol. The van der Waals surface area contributed by atoms with Crippen LogP contribution in [-0.2, 0) is 9.92 Å². The van der Waals surface area contributed by atoms with E-state index in [9.17, 15) is 13.6 Å². The molecular formula is C11H9ClF2O. The van der Waals surface area contributed by atoms with Crippen LogP contribution >= 0.6 is 11.6 Å². The lowest BCUT2D eigenvalue weighted by atomic mass is 10.0. The number of carbonyl (C=O) groups excluding carboxylic acids is 1. The van der Waals surface area contributed by atoms with Crippen LogP contribution in [0.1, 0.15) is 18.4 Å². The molecule has 1 aromatic rings. The number of hydrogen-bond acceptors (Lipinski definition) is 1. The number of alkyl halides is 2. The van der Waals surface area contributed by atoms with Crippen LogP contribution in [0.3, 0.4) is 0 Å². The van der Waals surface area contributed by atoms with Crippen molar-refractivity contribution >= 4 is 17.4 Å². The fraction of sp³-hybridized carbons (Fsp3) is 0.364. The average Bonchev–Trinajstić information content (AvgIpc) is 3.00. The molecule has 1 aliphatic rings. The zero-order valence-corrected chi connectivity index (χ0v) is 8.60. The molecule has 1 fully saturated rings. The van der Waals surface area contributed by atoms with E-state index in [2.05, 4.69) is 0 Å². The summed E-state index contributed by atoms with van der Waals surface area (Å²) in [7, 11) is 0. The van der Waals surface area contributed by atoms with Gasteiger partial charge in [-0.05, 0) is 25.0 Å². The summed E-state index contributed by atoms with van der Waals surface area (Å²) in [6.07, 6.45) is 1.39. The zero-order valence-electron chi connectivity index (χ0n) is 7.84. The summed E-state index contributed by atoms with van der Waals surface area (Å²) in [5.41, 5.74) is 0.00228. The molecule has 0 bridgehead atoms. The second-order valence-corrected chi connectivity index (χ2v) is 4.24. The largest absolute Gasteiger partial charge is 0.294 e. The standard InChI is InChI=1S/C11H9ClF2O/c12-11(14,10(15)7-1-2-7)8-3-5-9(13)6-4-8/h3-7H,1-2H2. The van der Waals surface area contributed by atoms with Gasteiger partial charge in [-0.2, -0.15) is 0 Å². The number of ketones is 1. The quantitative estimate of drug-likeness (QED) is 0.729. The topological polar surface area (TPSA) is 17.1 Å². The third-order valence-corrected chi connectivity index (χ3v) is 2.87. The highest BCUT2D eigenvalue weighted by atomic mass is 35.5. The number of halogens is 3. The van der Waals surface area contributed by atoms with Gasteiger partial charge in [-0.1, -0.05) is 23.7 Å². The first kappa shape index (κ1) is 10.6. The van der Waals surface area contributed by atoms with Crippen LogP contribution in [0.5, 0.6) is 0 Å². The maximum absolute atomic E-state index is 13.9. The van der Waals surface area contributed by atoms with E-state index in [0.29, 0.717) is 12.8 Å². The summed E-state index contributed by atoms with van der Waals surface area (Å²) in [5, 5.41) is -2.51. The van der Waals surface area contributed by atoms with E-state index >= 15 is 0 Å². The van der Waals surface area contributed by atoms with Crippen molar-refractivity contribution in [3.63, 3.8) is 0 Å². The highest BCUT2D eigenvalue weighted by molar-refractivity contribution is 6.34. The molecule has 0 spiro atoms. The molecule has 1 unspecified atom stereocenters. The maximum Gasteiger partial charge on any atom is 0.266 e.